The molecule has 0 saturated carbocycles. The lowest BCUT2D eigenvalue weighted by Crippen LogP contribution is -2.42. The number of aromatic amines is 1. The van der Waals surface area contributed by atoms with Crippen LogP contribution in [0, 0.1) is 0 Å². The Morgan fingerprint density at radius 1 is 1.05 bits per heavy atom. The number of halogens is 1. The van der Waals surface area contributed by atoms with Gasteiger partial charge in [-0.25, -0.2) is 0 Å². The zero-order valence-corrected chi connectivity index (χ0v) is 21.6. The minimum Gasteiger partial charge on any atom is -0.497 e. The first-order chi connectivity index (χ1) is 18.1. The molecule has 10 nitrogen and oxygen atoms in total. The first-order valence-electron chi connectivity index (χ1n) is 11.7. The fourth-order valence-electron chi connectivity index (χ4n) is 3.89. The van der Waals surface area contributed by atoms with Crippen LogP contribution in [0.4, 0.5) is 0 Å². The van der Waals surface area contributed by atoms with Crippen molar-refractivity contribution < 1.29 is 14.3 Å². The standard InChI is InChI=1S/C27H29N7O3.ClH/c1-37-21-6-7-24-22(12-21)23(16-30-24)26(32-14-18-2-4-19(5-3-18)15-34-28)27(36)33-17-25(35)31-13-20-8-10-29-11-9-20;/h2-12,15-16,26,30,32H,13-14,17,28H2,1H3,(H,31,35)(H,33,36);1H. The summed E-state index contributed by atoms with van der Waals surface area (Å²) in [7, 11) is 1.60. The fraction of sp³-hybridized carbons (Fsp3) is 0.185. The minimum absolute atomic E-state index is 0. The van der Waals surface area contributed by atoms with Gasteiger partial charge in [0.15, 0.2) is 0 Å². The predicted molar refractivity (Wildman–Crippen MR) is 149 cm³/mol. The number of pyridine rings is 1. The maximum Gasteiger partial charge on any atom is 0.242 e. The van der Waals surface area contributed by atoms with E-state index in [0.717, 1.165) is 33.2 Å². The highest BCUT2D eigenvalue weighted by molar-refractivity contribution is 5.94. The Balaban J connectivity index is 0.00000400. The van der Waals surface area contributed by atoms with Crippen LogP contribution >= 0.6 is 12.4 Å². The van der Waals surface area contributed by atoms with Gasteiger partial charge in [0.25, 0.3) is 0 Å². The second-order valence-electron chi connectivity index (χ2n) is 8.34. The summed E-state index contributed by atoms with van der Waals surface area (Å²) in [6.45, 7) is 0.621. The fourth-order valence-corrected chi connectivity index (χ4v) is 3.89. The molecular formula is C27H30ClN7O3. The Bertz CT molecular complexity index is 1370. The van der Waals surface area contributed by atoms with Gasteiger partial charge in [0.2, 0.25) is 11.8 Å². The van der Waals surface area contributed by atoms with Crippen molar-refractivity contribution in [2.45, 2.75) is 19.1 Å². The Kier molecular flexibility index (Phi) is 10.2. The van der Waals surface area contributed by atoms with E-state index in [0.29, 0.717) is 18.8 Å². The molecule has 0 aliphatic rings. The highest BCUT2D eigenvalue weighted by atomic mass is 35.5. The van der Waals surface area contributed by atoms with Gasteiger partial charge in [0, 0.05) is 48.1 Å². The second-order valence-corrected chi connectivity index (χ2v) is 8.34. The molecular weight excluding hydrogens is 506 g/mol. The van der Waals surface area contributed by atoms with Gasteiger partial charge in [-0.1, -0.05) is 24.3 Å². The van der Waals surface area contributed by atoms with Gasteiger partial charge >= 0.3 is 0 Å². The second kappa shape index (κ2) is 13.8. The quantitative estimate of drug-likeness (QED) is 0.113. The molecule has 38 heavy (non-hydrogen) atoms. The summed E-state index contributed by atoms with van der Waals surface area (Å²) in [5.41, 5.74) is 4.39. The number of hydrazone groups is 1. The summed E-state index contributed by atoms with van der Waals surface area (Å²) < 4.78 is 5.38. The first kappa shape index (κ1) is 28.2. The van der Waals surface area contributed by atoms with Crippen molar-refractivity contribution >= 4 is 41.3 Å². The number of nitrogens with one attached hydrogen (secondary N) is 4. The number of nitrogens with zero attached hydrogens (tertiary/aromatic N) is 2. The highest BCUT2D eigenvalue weighted by Gasteiger charge is 2.24. The number of aromatic nitrogens is 2. The Labute approximate surface area is 226 Å². The van der Waals surface area contributed by atoms with E-state index >= 15 is 0 Å². The number of methoxy groups -OCH3 is 1. The van der Waals surface area contributed by atoms with Crippen LogP contribution in [0.5, 0.6) is 5.75 Å². The molecule has 2 aromatic heterocycles. The lowest BCUT2D eigenvalue weighted by Gasteiger charge is -2.19. The molecule has 0 radical (unpaired) electrons. The topological polar surface area (TPSA) is 147 Å². The first-order valence-corrected chi connectivity index (χ1v) is 11.7. The molecule has 0 aliphatic carbocycles. The molecule has 0 saturated heterocycles. The van der Waals surface area contributed by atoms with Crippen LogP contribution in [-0.4, -0.2) is 41.7 Å². The van der Waals surface area contributed by atoms with Crippen molar-refractivity contribution in [3.05, 3.63) is 95.4 Å². The van der Waals surface area contributed by atoms with E-state index < -0.39 is 6.04 Å². The van der Waals surface area contributed by atoms with Crippen molar-refractivity contribution in [3.8, 4) is 5.75 Å². The average Bonchev–Trinajstić information content (AvgIpc) is 3.35. The number of ether oxygens (including phenoxy) is 1. The number of fused-ring (bicyclic) bond motifs is 1. The number of amides is 2. The molecule has 0 spiro atoms. The number of benzene rings is 2. The van der Waals surface area contributed by atoms with Gasteiger partial charge in [-0.05, 0) is 47.0 Å². The average molecular weight is 536 g/mol. The van der Waals surface area contributed by atoms with E-state index in [1.807, 2.05) is 54.6 Å². The molecule has 2 heterocycles. The number of hydrogen-bond donors (Lipinski definition) is 5. The van der Waals surface area contributed by atoms with E-state index in [1.165, 1.54) is 0 Å². The lowest BCUT2D eigenvalue weighted by molar-refractivity contribution is -0.127. The van der Waals surface area contributed by atoms with Crippen LogP contribution in [0.3, 0.4) is 0 Å². The monoisotopic (exact) mass is 535 g/mol. The number of carbonyl (C=O) groups is 2. The van der Waals surface area contributed by atoms with E-state index in [1.54, 1.807) is 31.9 Å². The van der Waals surface area contributed by atoms with Gasteiger partial charge in [0.05, 0.1) is 19.9 Å². The van der Waals surface area contributed by atoms with Crippen molar-refractivity contribution in [2.75, 3.05) is 13.7 Å². The van der Waals surface area contributed by atoms with Gasteiger partial charge < -0.3 is 26.2 Å². The zero-order valence-electron chi connectivity index (χ0n) is 20.8. The maximum atomic E-state index is 13.3. The number of carbonyl (C=O) groups excluding carboxylic acids is 2. The molecule has 0 bridgehead atoms. The number of H-pyrrole nitrogens is 1. The predicted octanol–water partition coefficient (Wildman–Crippen LogP) is 2.55. The molecule has 6 N–H and O–H groups in total. The van der Waals surface area contributed by atoms with Crippen LogP contribution in [0.1, 0.15) is 28.3 Å². The third kappa shape index (κ3) is 7.31. The van der Waals surface area contributed by atoms with Crippen molar-refractivity contribution in [3.63, 3.8) is 0 Å². The number of hydrogen-bond acceptors (Lipinski definition) is 7. The van der Waals surface area contributed by atoms with E-state index in [-0.39, 0.29) is 30.8 Å². The van der Waals surface area contributed by atoms with Crippen LogP contribution < -0.4 is 26.5 Å². The third-order valence-electron chi connectivity index (χ3n) is 5.87. The zero-order chi connectivity index (χ0) is 26.0. The molecule has 1 unspecified atom stereocenters. The molecule has 2 aromatic carbocycles. The smallest absolute Gasteiger partial charge is 0.242 e. The van der Waals surface area contributed by atoms with E-state index in [2.05, 4.69) is 31.0 Å². The van der Waals surface area contributed by atoms with Crippen molar-refractivity contribution in [1.82, 2.24) is 25.9 Å². The molecule has 0 fully saturated rings. The van der Waals surface area contributed by atoms with E-state index in [9.17, 15) is 9.59 Å². The van der Waals surface area contributed by atoms with Gasteiger partial charge in [0.1, 0.15) is 11.8 Å². The molecule has 198 valence electrons. The third-order valence-corrected chi connectivity index (χ3v) is 5.87. The SMILES string of the molecule is COc1ccc2[nH]cc(C(NCc3ccc(C=NN)cc3)C(=O)NCC(=O)NCc3ccncc3)c2c1.Cl. The largest absolute Gasteiger partial charge is 0.497 e. The van der Waals surface area contributed by atoms with Crippen LogP contribution in [0.15, 0.2) is 78.3 Å². The molecule has 1 atom stereocenters. The summed E-state index contributed by atoms with van der Waals surface area (Å²) >= 11 is 0. The summed E-state index contributed by atoms with van der Waals surface area (Å²) in [5, 5.41) is 13.3. The molecule has 2 amide bonds. The molecule has 4 aromatic rings. The summed E-state index contributed by atoms with van der Waals surface area (Å²) in [6.07, 6.45) is 6.68. The summed E-state index contributed by atoms with van der Waals surface area (Å²) in [4.78, 5) is 32.9. The number of rotatable bonds is 11. The molecule has 4 rings (SSSR count). The Morgan fingerprint density at radius 3 is 2.50 bits per heavy atom. The molecule has 0 aliphatic heterocycles. The lowest BCUT2D eigenvalue weighted by atomic mass is 10.0. The van der Waals surface area contributed by atoms with Gasteiger partial charge in [-0.3, -0.25) is 19.9 Å². The van der Waals surface area contributed by atoms with Crippen LogP contribution in [0.25, 0.3) is 10.9 Å². The Hall–Kier alpha value is -4.41. The van der Waals surface area contributed by atoms with Crippen molar-refractivity contribution in [1.29, 1.82) is 0 Å². The minimum atomic E-state index is -0.723. The highest BCUT2D eigenvalue weighted by Crippen LogP contribution is 2.28. The van der Waals surface area contributed by atoms with Crippen LogP contribution in [-0.2, 0) is 22.7 Å². The van der Waals surface area contributed by atoms with Crippen molar-refractivity contribution in [2.24, 2.45) is 10.9 Å². The maximum absolute atomic E-state index is 13.3. The normalized spacial score (nSPS) is 11.6. The Morgan fingerprint density at radius 2 is 1.79 bits per heavy atom. The van der Waals surface area contributed by atoms with E-state index in [4.69, 9.17) is 10.6 Å². The molecule has 11 heteroatoms. The number of nitrogens with two attached hydrogens (primary N) is 1. The van der Waals surface area contributed by atoms with Gasteiger partial charge in [-0.2, -0.15) is 5.10 Å². The van der Waals surface area contributed by atoms with Crippen LogP contribution in [0.2, 0.25) is 0 Å². The summed E-state index contributed by atoms with van der Waals surface area (Å²) in [5.74, 6) is 5.28. The van der Waals surface area contributed by atoms with Gasteiger partial charge in [-0.15, -0.1) is 12.4 Å². The summed E-state index contributed by atoms with van der Waals surface area (Å²) in [6, 6.07) is 16.2.